The third-order valence-corrected chi connectivity index (χ3v) is 3.16. The summed E-state index contributed by atoms with van der Waals surface area (Å²) in [5, 5.41) is 3.05. The molecule has 0 aromatic heterocycles. The summed E-state index contributed by atoms with van der Waals surface area (Å²) in [5.74, 6) is -0.919. The van der Waals surface area contributed by atoms with Crippen LogP contribution in [0.5, 0.6) is 0 Å². The summed E-state index contributed by atoms with van der Waals surface area (Å²) in [4.78, 5) is 23.8. The minimum atomic E-state index is -1.01. The van der Waals surface area contributed by atoms with Crippen molar-refractivity contribution in [2.24, 2.45) is 5.73 Å². The monoisotopic (exact) mass is 298 g/mol. The zero-order valence-electron chi connectivity index (χ0n) is 11.8. The number of hydrogen-bond donors (Lipinski definition) is 2. The fraction of sp³-hybridized carbons (Fsp3) is 0.429. The van der Waals surface area contributed by atoms with Crippen molar-refractivity contribution in [2.45, 2.75) is 32.2 Å². The van der Waals surface area contributed by atoms with Crippen molar-refractivity contribution >= 4 is 29.2 Å². The maximum absolute atomic E-state index is 12.2. The van der Waals surface area contributed by atoms with Crippen molar-refractivity contribution in [3.05, 3.63) is 28.8 Å². The molecule has 1 aromatic carbocycles. The van der Waals surface area contributed by atoms with Crippen LogP contribution in [-0.2, 0) is 9.53 Å². The predicted octanol–water partition coefficient (Wildman–Crippen LogP) is 2.58. The molecule has 0 saturated carbocycles. The van der Waals surface area contributed by atoms with Crippen LogP contribution in [0.1, 0.15) is 37.0 Å². The molecule has 6 heteroatoms. The molecule has 5 nitrogen and oxygen atoms in total. The Labute approximate surface area is 123 Å². The van der Waals surface area contributed by atoms with Crippen molar-refractivity contribution in [1.82, 2.24) is 0 Å². The molecule has 0 fully saturated rings. The number of carbonyl (C=O) groups is 2. The Balaban J connectivity index is 3.05. The molecule has 0 aliphatic carbocycles. The summed E-state index contributed by atoms with van der Waals surface area (Å²) < 4.78 is 4.67. The van der Waals surface area contributed by atoms with Crippen molar-refractivity contribution in [3.63, 3.8) is 0 Å². The van der Waals surface area contributed by atoms with E-state index in [0.29, 0.717) is 17.1 Å². The molecular formula is C14H19ClN2O3. The van der Waals surface area contributed by atoms with Gasteiger partial charge in [0.05, 0.1) is 23.9 Å². The third-order valence-electron chi connectivity index (χ3n) is 2.92. The van der Waals surface area contributed by atoms with Crippen LogP contribution in [0.4, 0.5) is 5.69 Å². The van der Waals surface area contributed by atoms with Gasteiger partial charge in [-0.3, -0.25) is 4.79 Å². The second-order valence-corrected chi connectivity index (χ2v) is 5.24. The van der Waals surface area contributed by atoms with Gasteiger partial charge in [0.1, 0.15) is 0 Å². The third kappa shape index (κ3) is 3.95. The van der Waals surface area contributed by atoms with E-state index in [2.05, 4.69) is 10.1 Å². The van der Waals surface area contributed by atoms with Crippen LogP contribution in [0.15, 0.2) is 18.2 Å². The molecule has 0 aliphatic rings. The van der Waals surface area contributed by atoms with E-state index in [9.17, 15) is 9.59 Å². The lowest BCUT2D eigenvalue weighted by molar-refractivity contribution is -0.120. The Bertz CT molecular complexity index is 515. The number of anilines is 1. The van der Waals surface area contributed by atoms with E-state index >= 15 is 0 Å². The quantitative estimate of drug-likeness (QED) is 0.819. The highest BCUT2D eigenvalue weighted by atomic mass is 35.5. The topological polar surface area (TPSA) is 81.4 Å². The molecule has 1 atom stereocenters. The number of ether oxygens (including phenoxy) is 1. The molecule has 0 saturated heterocycles. The van der Waals surface area contributed by atoms with E-state index in [-0.39, 0.29) is 11.5 Å². The van der Waals surface area contributed by atoms with Gasteiger partial charge in [0, 0.05) is 5.02 Å². The van der Waals surface area contributed by atoms with E-state index in [1.54, 1.807) is 13.0 Å². The minimum absolute atomic E-state index is 0.234. The van der Waals surface area contributed by atoms with Crippen LogP contribution >= 0.6 is 11.6 Å². The van der Waals surface area contributed by atoms with Gasteiger partial charge in [0.25, 0.3) is 0 Å². The number of methoxy groups -OCH3 is 1. The highest BCUT2D eigenvalue weighted by Crippen LogP contribution is 2.23. The number of amides is 1. The maximum atomic E-state index is 12.2. The van der Waals surface area contributed by atoms with Crippen molar-refractivity contribution in [1.29, 1.82) is 0 Å². The fourth-order valence-electron chi connectivity index (χ4n) is 1.81. The Hall–Kier alpha value is -1.59. The lowest BCUT2D eigenvalue weighted by atomic mass is 9.96. The van der Waals surface area contributed by atoms with Crippen LogP contribution in [0.2, 0.25) is 5.02 Å². The van der Waals surface area contributed by atoms with Crippen molar-refractivity contribution < 1.29 is 14.3 Å². The highest BCUT2D eigenvalue weighted by Gasteiger charge is 2.28. The molecule has 0 radical (unpaired) electrons. The molecule has 0 spiro atoms. The molecule has 0 aliphatic heterocycles. The van der Waals surface area contributed by atoms with Gasteiger partial charge in [0.2, 0.25) is 5.91 Å². The lowest BCUT2D eigenvalue weighted by Gasteiger charge is -2.23. The zero-order valence-corrected chi connectivity index (χ0v) is 12.6. The summed E-state index contributed by atoms with van der Waals surface area (Å²) in [6, 6.07) is 4.54. The average Bonchev–Trinajstić information content (AvgIpc) is 2.38. The summed E-state index contributed by atoms with van der Waals surface area (Å²) in [7, 11) is 1.27. The second kappa shape index (κ2) is 6.72. The number of benzene rings is 1. The van der Waals surface area contributed by atoms with Crippen LogP contribution in [0, 0.1) is 0 Å². The van der Waals surface area contributed by atoms with Gasteiger partial charge in [-0.15, -0.1) is 0 Å². The molecule has 110 valence electrons. The number of esters is 1. The van der Waals surface area contributed by atoms with Gasteiger partial charge in [-0.05, 0) is 31.5 Å². The number of nitrogens with one attached hydrogen (secondary N) is 1. The normalized spacial score (nSPS) is 13.4. The van der Waals surface area contributed by atoms with Gasteiger partial charge in [-0.25, -0.2) is 4.79 Å². The first-order valence-corrected chi connectivity index (χ1v) is 6.67. The number of hydrogen-bond acceptors (Lipinski definition) is 4. The van der Waals surface area contributed by atoms with Crippen molar-refractivity contribution in [3.8, 4) is 0 Å². The second-order valence-electron chi connectivity index (χ2n) is 4.80. The number of rotatable bonds is 5. The zero-order chi connectivity index (χ0) is 15.3. The lowest BCUT2D eigenvalue weighted by Crippen LogP contribution is -2.48. The Morgan fingerprint density at radius 3 is 2.65 bits per heavy atom. The standard InChI is InChI=1S/C14H19ClN2O3/c1-4-7-14(2,16)13(19)17-11-8-9(15)5-6-10(11)12(18)20-3/h5-6,8H,4,7,16H2,1-3H3,(H,17,19). The largest absolute Gasteiger partial charge is 0.465 e. The van der Waals surface area contributed by atoms with Gasteiger partial charge in [-0.1, -0.05) is 24.9 Å². The molecule has 20 heavy (non-hydrogen) atoms. The average molecular weight is 299 g/mol. The minimum Gasteiger partial charge on any atom is -0.465 e. The molecule has 0 bridgehead atoms. The molecular weight excluding hydrogens is 280 g/mol. The number of halogens is 1. The Morgan fingerprint density at radius 1 is 1.45 bits per heavy atom. The summed E-state index contributed by atoms with van der Waals surface area (Å²) in [6.45, 7) is 3.59. The van der Waals surface area contributed by atoms with Crippen LogP contribution in [0.3, 0.4) is 0 Å². The van der Waals surface area contributed by atoms with Crippen LogP contribution in [0.25, 0.3) is 0 Å². The van der Waals surface area contributed by atoms with Crippen LogP contribution in [-0.4, -0.2) is 24.5 Å². The predicted molar refractivity (Wildman–Crippen MR) is 78.9 cm³/mol. The molecule has 1 aromatic rings. The van der Waals surface area contributed by atoms with Crippen molar-refractivity contribution in [2.75, 3.05) is 12.4 Å². The first kappa shape index (κ1) is 16.5. The maximum Gasteiger partial charge on any atom is 0.339 e. The highest BCUT2D eigenvalue weighted by molar-refractivity contribution is 6.31. The van der Waals surface area contributed by atoms with E-state index in [1.165, 1.54) is 19.2 Å². The first-order chi connectivity index (χ1) is 9.31. The summed E-state index contributed by atoms with van der Waals surface area (Å²) in [5.41, 5.74) is 5.47. The van der Waals surface area contributed by atoms with Crippen LogP contribution < -0.4 is 11.1 Å². The molecule has 1 amide bonds. The van der Waals surface area contributed by atoms with Gasteiger partial charge in [-0.2, -0.15) is 0 Å². The van der Waals surface area contributed by atoms with Gasteiger partial charge < -0.3 is 15.8 Å². The molecule has 1 unspecified atom stereocenters. The van der Waals surface area contributed by atoms with E-state index < -0.39 is 11.5 Å². The first-order valence-electron chi connectivity index (χ1n) is 6.30. The molecule has 1 rings (SSSR count). The smallest absolute Gasteiger partial charge is 0.339 e. The van der Waals surface area contributed by atoms with Gasteiger partial charge in [0.15, 0.2) is 0 Å². The van der Waals surface area contributed by atoms with E-state index in [0.717, 1.165) is 6.42 Å². The number of carbonyl (C=O) groups excluding carboxylic acids is 2. The van der Waals surface area contributed by atoms with Gasteiger partial charge >= 0.3 is 5.97 Å². The molecule has 3 N–H and O–H groups in total. The SMILES string of the molecule is CCCC(C)(N)C(=O)Nc1cc(Cl)ccc1C(=O)OC. The number of nitrogens with two attached hydrogens (primary N) is 1. The Kier molecular flexibility index (Phi) is 5.53. The summed E-state index contributed by atoms with van der Waals surface area (Å²) in [6.07, 6.45) is 1.31. The molecule has 0 heterocycles. The summed E-state index contributed by atoms with van der Waals surface area (Å²) >= 11 is 5.89. The Morgan fingerprint density at radius 2 is 2.10 bits per heavy atom. The fourth-order valence-corrected chi connectivity index (χ4v) is 1.98. The van der Waals surface area contributed by atoms with E-state index in [1.807, 2.05) is 6.92 Å². The van der Waals surface area contributed by atoms with E-state index in [4.69, 9.17) is 17.3 Å².